The third-order valence-corrected chi connectivity index (χ3v) is 9.24. The molecule has 0 spiro atoms. The second kappa shape index (κ2) is 9.84. The lowest BCUT2D eigenvalue weighted by Gasteiger charge is -2.45. The molecule has 148 valence electrons. The monoisotopic (exact) mass is 370 g/mol. The first-order valence-electron chi connectivity index (χ1n) is 10.9. The predicted molar refractivity (Wildman–Crippen MR) is 107 cm³/mol. The van der Waals surface area contributed by atoms with Crippen LogP contribution >= 0.6 is 0 Å². The van der Waals surface area contributed by atoms with Crippen molar-refractivity contribution in [3.63, 3.8) is 0 Å². The van der Waals surface area contributed by atoms with Crippen LogP contribution < -0.4 is 9.96 Å². The zero-order valence-corrected chi connectivity index (χ0v) is 18.2. The van der Waals surface area contributed by atoms with Crippen molar-refractivity contribution < 1.29 is 8.85 Å². The predicted octanol–water partition coefficient (Wildman–Crippen LogP) is 4.90. The fourth-order valence-electron chi connectivity index (χ4n) is 5.26. The van der Waals surface area contributed by atoms with Gasteiger partial charge in [0.1, 0.15) is 0 Å². The molecule has 2 aliphatic rings. The van der Waals surface area contributed by atoms with Gasteiger partial charge < -0.3 is 8.85 Å². The summed E-state index contributed by atoms with van der Waals surface area (Å²) < 4.78 is 12.9. The van der Waals surface area contributed by atoms with Crippen molar-refractivity contribution in [3.8, 4) is 0 Å². The molecule has 0 bridgehead atoms. The van der Waals surface area contributed by atoms with Crippen molar-refractivity contribution in [2.45, 2.75) is 116 Å². The fraction of sp³-hybridized carbons (Fsp3) is 1.00. The van der Waals surface area contributed by atoms with E-state index in [0.29, 0.717) is 13.2 Å². The second-order valence-corrected chi connectivity index (χ2v) is 10.5. The first kappa shape index (κ1) is 21.4. The quantitative estimate of drug-likeness (QED) is 0.480. The molecule has 0 amide bonds. The normalized spacial score (nSPS) is 22.6. The highest BCUT2D eigenvalue weighted by atomic mass is 28.4. The number of hydrogen-bond donors (Lipinski definition) is 2. The van der Waals surface area contributed by atoms with Crippen molar-refractivity contribution in [1.82, 2.24) is 9.96 Å². The Morgan fingerprint density at radius 2 is 1.04 bits per heavy atom. The number of rotatable bonds is 12. The molecule has 0 aromatic heterocycles. The first-order chi connectivity index (χ1) is 12.1. The van der Waals surface area contributed by atoms with Crippen LogP contribution in [-0.4, -0.2) is 33.2 Å². The Morgan fingerprint density at radius 3 is 1.32 bits per heavy atom. The van der Waals surface area contributed by atoms with Crippen molar-refractivity contribution in [3.05, 3.63) is 0 Å². The third-order valence-electron chi connectivity index (χ3n) is 6.13. The van der Waals surface area contributed by atoms with Crippen LogP contribution in [0.4, 0.5) is 0 Å². The van der Waals surface area contributed by atoms with Crippen LogP contribution in [0.15, 0.2) is 0 Å². The van der Waals surface area contributed by atoms with E-state index in [-0.39, 0.29) is 11.1 Å². The molecule has 0 aromatic rings. The van der Waals surface area contributed by atoms with Crippen molar-refractivity contribution >= 4 is 8.88 Å². The summed E-state index contributed by atoms with van der Waals surface area (Å²) in [6.07, 6.45) is 15.3. The van der Waals surface area contributed by atoms with Gasteiger partial charge in [0.25, 0.3) is 0 Å². The molecular weight excluding hydrogens is 328 g/mol. The number of hydrogen-bond acceptors (Lipinski definition) is 4. The molecule has 2 fully saturated rings. The molecule has 2 rings (SSSR count). The second-order valence-electron chi connectivity index (χ2n) is 8.21. The van der Waals surface area contributed by atoms with Crippen LogP contribution in [-0.2, 0) is 8.85 Å². The molecule has 0 unspecified atom stereocenters. The Hall–Kier alpha value is 0.0569. The molecule has 0 aromatic carbocycles. The standard InChI is InChI=1S/C20H42N2O2Si/c1-5-13-19(15-9-10-16-19)21-25(23-7-3,24-8-4)22-20(14-6-2)17-11-12-18-20/h21-22H,5-18H2,1-4H3. The topological polar surface area (TPSA) is 42.5 Å². The maximum atomic E-state index is 6.43. The summed E-state index contributed by atoms with van der Waals surface area (Å²) in [5, 5.41) is 0. The van der Waals surface area contributed by atoms with Gasteiger partial charge in [-0.2, -0.15) is 0 Å². The van der Waals surface area contributed by atoms with Crippen LogP contribution in [0.25, 0.3) is 0 Å². The van der Waals surface area contributed by atoms with E-state index in [1.165, 1.54) is 77.0 Å². The van der Waals surface area contributed by atoms with Crippen LogP contribution in [0.2, 0.25) is 0 Å². The van der Waals surface area contributed by atoms with E-state index < -0.39 is 8.88 Å². The average Bonchev–Trinajstić information content (AvgIpc) is 3.19. The van der Waals surface area contributed by atoms with E-state index in [2.05, 4.69) is 37.7 Å². The highest BCUT2D eigenvalue weighted by Gasteiger charge is 2.52. The Morgan fingerprint density at radius 1 is 0.680 bits per heavy atom. The van der Waals surface area contributed by atoms with Gasteiger partial charge in [0, 0.05) is 24.3 Å². The van der Waals surface area contributed by atoms with Crippen molar-refractivity contribution in [2.75, 3.05) is 13.2 Å². The van der Waals surface area contributed by atoms with E-state index >= 15 is 0 Å². The summed E-state index contributed by atoms with van der Waals surface area (Å²) in [6, 6.07) is 0. The minimum Gasteiger partial charge on any atom is -0.371 e. The Bertz CT molecular complexity index is 344. The summed E-state index contributed by atoms with van der Waals surface area (Å²) in [5.41, 5.74) is 0.425. The van der Waals surface area contributed by atoms with Gasteiger partial charge in [-0.1, -0.05) is 52.4 Å². The van der Waals surface area contributed by atoms with Crippen LogP contribution in [0.3, 0.4) is 0 Å². The molecule has 0 aliphatic heterocycles. The summed E-state index contributed by atoms with van der Waals surface area (Å²) in [4.78, 5) is 8.08. The Kier molecular flexibility index (Phi) is 8.40. The van der Waals surface area contributed by atoms with Crippen LogP contribution in [0, 0.1) is 0 Å². The molecule has 2 N–H and O–H groups in total. The van der Waals surface area contributed by atoms with E-state index in [9.17, 15) is 0 Å². The minimum atomic E-state index is -2.64. The van der Waals surface area contributed by atoms with Gasteiger partial charge in [-0.15, -0.1) is 0 Å². The molecule has 0 radical (unpaired) electrons. The van der Waals surface area contributed by atoms with Crippen molar-refractivity contribution in [1.29, 1.82) is 0 Å². The molecular formula is C20H42N2O2Si. The van der Waals surface area contributed by atoms with Gasteiger partial charge in [-0.05, 0) is 52.4 Å². The molecule has 5 heteroatoms. The lowest BCUT2D eigenvalue weighted by Crippen LogP contribution is -2.76. The molecule has 0 atom stereocenters. The SMILES string of the molecule is CCCC1(N[Si](NC2(CCC)CCCC2)(OCC)OCC)CCCC1. The maximum absolute atomic E-state index is 6.43. The summed E-state index contributed by atoms with van der Waals surface area (Å²) >= 11 is 0. The lowest BCUT2D eigenvalue weighted by atomic mass is 9.93. The van der Waals surface area contributed by atoms with E-state index in [1.807, 2.05) is 0 Å². The average molecular weight is 371 g/mol. The molecule has 25 heavy (non-hydrogen) atoms. The minimum absolute atomic E-state index is 0.213. The summed E-state index contributed by atoms with van der Waals surface area (Å²) in [6.45, 7) is 10.2. The third kappa shape index (κ3) is 5.52. The van der Waals surface area contributed by atoms with Crippen molar-refractivity contribution in [2.24, 2.45) is 0 Å². The highest BCUT2D eigenvalue weighted by Crippen LogP contribution is 2.38. The smallest absolute Gasteiger partial charge is 0.371 e. The Balaban J connectivity index is 2.25. The zero-order chi connectivity index (χ0) is 18.2. The van der Waals surface area contributed by atoms with E-state index in [4.69, 9.17) is 8.85 Å². The molecule has 0 saturated heterocycles. The van der Waals surface area contributed by atoms with E-state index in [0.717, 1.165) is 0 Å². The van der Waals surface area contributed by atoms with Gasteiger partial charge in [-0.3, -0.25) is 9.96 Å². The van der Waals surface area contributed by atoms with Gasteiger partial charge in [0.2, 0.25) is 0 Å². The summed E-state index contributed by atoms with van der Waals surface area (Å²) in [5.74, 6) is 0. The largest absolute Gasteiger partial charge is 0.517 e. The van der Waals surface area contributed by atoms with E-state index in [1.54, 1.807) is 0 Å². The van der Waals surface area contributed by atoms with Crippen LogP contribution in [0.1, 0.15) is 105 Å². The summed E-state index contributed by atoms with van der Waals surface area (Å²) in [7, 11) is -2.64. The highest BCUT2D eigenvalue weighted by molar-refractivity contribution is 6.62. The van der Waals surface area contributed by atoms with Crippen LogP contribution in [0.5, 0.6) is 0 Å². The maximum Gasteiger partial charge on any atom is 0.517 e. The lowest BCUT2D eigenvalue weighted by molar-refractivity contribution is 0.123. The molecule has 4 nitrogen and oxygen atoms in total. The Labute approximate surface area is 157 Å². The van der Waals surface area contributed by atoms with Gasteiger partial charge in [0.05, 0.1) is 0 Å². The van der Waals surface area contributed by atoms with Gasteiger partial charge in [0.15, 0.2) is 0 Å². The number of nitrogens with one attached hydrogen (secondary N) is 2. The molecule has 2 saturated carbocycles. The van der Waals surface area contributed by atoms with Gasteiger partial charge >= 0.3 is 8.88 Å². The fourth-order valence-corrected chi connectivity index (χ4v) is 8.65. The zero-order valence-electron chi connectivity index (χ0n) is 17.2. The first-order valence-corrected chi connectivity index (χ1v) is 12.8. The molecule has 0 heterocycles. The molecule has 2 aliphatic carbocycles. The van der Waals surface area contributed by atoms with Gasteiger partial charge in [-0.25, -0.2) is 0 Å².